The van der Waals surface area contributed by atoms with E-state index in [1.165, 1.54) is 0 Å². The van der Waals surface area contributed by atoms with Gasteiger partial charge >= 0.3 is 6.03 Å². The van der Waals surface area contributed by atoms with Crippen molar-refractivity contribution < 1.29 is 9.59 Å². The number of amides is 3. The van der Waals surface area contributed by atoms with Crippen LogP contribution in [0.1, 0.15) is 13.8 Å². The molecule has 0 aliphatic rings. The maximum Gasteiger partial charge on any atom is 0.321 e. The fourth-order valence-corrected chi connectivity index (χ4v) is 1.49. The molecule has 0 fully saturated rings. The zero-order valence-corrected chi connectivity index (χ0v) is 11.8. The van der Waals surface area contributed by atoms with Gasteiger partial charge in [0.2, 0.25) is 5.91 Å². The van der Waals surface area contributed by atoms with E-state index in [0.717, 1.165) is 0 Å². The molecule has 3 N–H and O–H groups in total. The van der Waals surface area contributed by atoms with Crippen molar-refractivity contribution in [1.29, 1.82) is 0 Å². The number of carbonyl (C=O) groups excluding carboxylic acids is 2. The highest BCUT2D eigenvalue weighted by molar-refractivity contribution is 6.33. The molecule has 104 valence electrons. The number of para-hydroxylation sites is 1. The van der Waals surface area contributed by atoms with Crippen LogP contribution in [0.25, 0.3) is 0 Å². The topological polar surface area (TPSA) is 70.2 Å². The molecule has 0 aliphatic heterocycles. The first-order chi connectivity index (χ1) is 8.99. The molecule has 0 saturated carbocycles. The highest BCUT2D eigenvalue weighted by Gasteiger charge is 2.08. The Hall–Kier alpha value is -1.75. The Morgan fingerprint density at radius 2 is 1.95 bits per heavy atom. The van der Waals surface area contributed by atoms with E-state index in [1.54, 1.807) is 18.2 Å². The van der Waals surface area contributed by atoms with Gasteiger partial charge in [0.25, 0.3) is 0 Å². The van der Waals surface area contributed by atoms with Gasteiger partial charge in [-0.3, -0.25) is 10.1 Å². The van der Waals surface area contributed by atoms with Crippen molar-refractivity contribution in [1.82, 2.24) is 10.6 Å². The molecule has 3 amide bonds. The van der Waals surface area contributed by atoms with Gasteiger partial charge in [0, 0.05) is 6.54 Å². The lowest BCUT2D eigenvalue weighted by Crippen LogP contribution is -2.43. The molecule has 0 bridgehead atoms. The standard InChI is InChI=1S/C13H18ClN3O2/c1-9(2)7-16-13(19)17-12(18)8-15-11-6-4-3-5-10(11)14/h3-6,9,15H,7-8H2,1-2H3,(H2,16,17,18,19). The lowest BCUT2D eigenvalue weighted by Gasteiger charge is -2.10. The molecule has 0 saturated heterocycles. The number of hydrogen-bond acceptors (Lipinski definition) is 3. The van der Waals surface area contributed by atoms with Crippen molar-refractivity contribution in [3.05, 3.63) is 29.3 Å². The molecule has 0 aliphatic carbocycles. The molecule has 0 aromatic heterocycles. The summed E-state index contributed by atoms with van der Waals surface area (Å²) in [6.07, 6.45) is 0. The van der Waals surface area contributed by atoms with Crippen LogP contribution in [-0.4, -0.2) is 25.0 Å². The number of rotatable bonds is 5. The van der Waals surface area contributed by atoms with Crippen LogP contribution in [-0.2, 0) is 4.79 Å². The Morgan fingerprint density at radius 1 is 1.26 bits per heavy atom. The van der Waals surface area contributed by atoms with E-state index >= 15 is 0 Å². The average molecular weight is 284 g/mol. The Balaban J connectivity index is 2.32. The van der Waals surface area contributed by atoms with E-state index in [2.05, 4.69) is 16.0 Å². The first kappa shape index (κ1) is 15.3. The summed E-state index contributed by atoms with van der Waals surface area (Å²) in [5.74, 6) is -0.0803. The lowest BCUT2D eigenvalue weighted by molar-refractivity contribution is -0.118. The third-order valence-corrected chi connectivity index (χ3v) is 2.57. The normalized spacial score (nSPS) is 10.1. The smallest absolute Gasteiger partial charge is 0.321 e. The summed E-state index contributed by atoms with van der Waals surface area (Å²) in [6, 6.07) is 6.60. The summed E-state index contributed by atoms with van der Waals surface area (Å²) in [5.41, 5.74) is 0.655. The van der Waals surface area contributed by atoms with Crippen molar-refractivity contribution in [2.75, 3.05) is 18.4 Å². The van der Waals surface area contributed by atoms with E-state index < -0.39 is 11.9 Å². The molecule has 5 nitrogen and oxygen atoms in total. The van der Waals surface area contributed by atoms with E-state index in [-0.39, 0.29) is 6.54 Å². The Kier molecular flexibility index (Phi) is 6.15. The third-order valence-electron chi connectivity index (χ3n) is 2.24. The highest BCUT2D eigenvalue weighted by Crippen LogP contribution is 2.19. The van der Waals surface area contributed by atoms with Gasteiger partial charge in [0.15, 0.2) is 0 Å². The second-order valence-corrected chi connectivity index (χ2v) is 4.89. The molecule has 1 rings (SSSR count). The first-order valence-corrected chi connectivity index (χ1v) is 6.43. The number of imide groups is 1. The van der Waals surface area contributed by atoms with Gasteiger partial charge in [0.05, 0.1) is 17.3 Å². The van der Waals surface area contributed by atoms with E-state index in [9.17, 15) is 9.59 Å². The molecule has 0 radical (unpaired) electrons. The maximum absolute atomic E-state index is 11.5. The minimum absolute atomic E-state index is 0.0150. The van der Waals surface area contributed by atoms with Crippen LogP contribution < -0.4 is 16.0 Å². The van der Waals surface area contributed by atoms with Crippen molar-refractivity contribution in [2.24, 2.45) is 5.92 Å². The van der Waals surface area contributed by atoms with Gasteiger partial charge < -0.3 is 10.6 Å². The highest BCUT2D eigenvalue weighted by atomic mass is 35.5. The number of carbonyl (C=O) groups is 2. The minimum atomic E-state index is -0.486. The van der Waals surface area contributed by atoms with Crippen LogP contribution in [0.4, 0.5) is 10.5 Å². The van der Waals surface area contributed by atoms with Gasteiger partial charge in [-0.2, -0.15) is 0 Å². The quantitative estimate of drug-likeness (QED) is 0.776. The summed E-state index contributed by atoms with van der Waals surface area (Å²) < 4.78 is 0. The molecule has 0 heterocycles. The van der Waals surface area contributed by atoms with Gasteiger partial charge in [0.1, 0.15) is 0 Å². The second kappa shape index (κ2) is 7.63. The molecule has 1 aromatic rings. The first-order valence-electron chi connectivity index (χ1n) is 6.05. The lowest BCUT2D eigenvalue weighted by atomic mass is 10.2. The van der Waals surface area contributed by atoms with Crippen LogP contribution in [0.2, 0.25) is 5.02 Å². The van der Waals surface area contributed by atoms with Crippen LogP contribution in [0, 0.1) is 5.92 Å². The van der Waals surface area contributed by atoms with Gasteiger partial charge in [-0.05, 0) is 18.1 Å². The van der Waals surface area contributed by atoms with Crippen molar-refractivity contribution in [3.8, 4) is 0 Å². The van der Waals surface area contributed by atoms with Gasteiger partial charge in [-0.15, -0.1) is 0 Å². The van der Waals surface area contributed by atoms with Crippen LogP contribution in [0.5, 0.6) is 0 Å². The predicted octanol–water partition coefficient (Wildman–Crippen LogP) is 2.23. The van der Waals surface area contributed by atoms with Crippen LogP contribution in [0.15, 0.2) is 24.3 Å². The third kappa shape index (κ3) is 6.10. The van der Waals surface area contributed by atoms with Gasteiger partial charge in [-0.1, -0.05) is 37.6 Å². The largest absolute Gasteiger partial charge is 0.375 e. The predicted molar refractivity (Wildman–Crippen MR) is 76.3 cm³/mol. The molecule has 0 atom stereocenters. The van der Waals surface area contributed by atoms with Gasteiger partial charge in [-0.25, -0.2) is 4.79 Å². The second-order valence-electron chi connectivity index (χ2n) is 4.49. The van der Waals surface area contributed by atoms with E-state index in [4.69, 9.17) is 11.6 Å². The number of anilines is 1. The van der Waals surface area contributed by atoms with Crippen molar-refractivity contribution in [2.45, 2.75) is 13.8 Å². The number of hydrogen-bond donors (Lipinski definition) is 3. The number of halogens is 1. The Labute approximate surface area is 117 Å². The summed E-state index contributed by atoms with van der Waals surface area (Å²) in [4.78, 5) is 22.8. The summed E-state index contributed by atoms with van der Waals surface area (Å²) >= 11 is 5.92. The molecule has 0 spiro atoms. The van der Waals surface area contributed by atoms with Crippen molar-refractivity contribution >= 4 is 29.2 Å². The van der Waals surface area contributed by atoms with E-state index in [0.29, 0.717) is 23.2 Å². The maximum atomic E-state index is 11.5. The van der Waals surface area contributed by atoms with Crippen molar-refractivity contribution in [3.63, 3.8) is 0 Å². The molecule has 0 unspecified atom stereocenters. The average Bonchev–Trinajstić information content (AvgIpc) is 2.35. The Morgan fingerprint density at radius 3 is 2.58 bits per heavy atom. The fraction of sp³-hybridized carbons (Fsp3) is 0.385. The summed E-state index contributed by atoms with van der Waals surface area (Å²) in [7, 11) is 0. The zero-order valence-electron chi connectivity index (χ0n) is 11.0. The number of nitrogens with one attached hydrogen (secondary N) is 3. The fourth-order valence-electron chi connectivity index (χ4n) is 1.29. The summed E-state index contributed by atoms with van der Waals surface area (Å²) in [6.45, 7) is 4.46. The Bertz CT molecular complexity index is 449. The molecule has 6 heteroatoms. The number of benzene rings is 1. The monoisotopic (exact) mass is 283 g/mol. The van der Waals surface area contributed by atoms with Crippen LogP contribution >= 0.6 is 11.6 Å². The molecule has 19 heavy (non-hydrogen) atoms. The molecular weight excluding hydrogens is 266 g/mol. The molecule has 1 aromatic carbocycles. The van der Waals surface area contributed by atoms with Crippen LogP contribution in [0.3, 0.4) is 0 Å². The van der Waals surface area contributed by atoms with E-state index in [1.807, 2.05) is 19.9 Å². The SMILES string of the molecule is CC(C)CNC(=O)NC(=O)CNc1ccccc1Cl. The summed E-state index contributed by atoms with van der Waals surface area (Å²) in [5, 5.41) is 8.21. The zero-order chi connectivity index (χ0) is 14.3. The number of urea groups is 1. The minimum Gasteiger partial charge on any atom is -0.375 e. The molecular formula is C13H18ClN3O2.